The minimum Gasteiger partial charge on any atom is -0.353 e. The van der Waals surface area contributed by atoms with Crippen molar-refractivity contribution in [3.63, 3.8) is 0 Å². The van der Waals surface area contributed by atoms with Crippen molar-refractivity contribution in [3.8, 4) is 10.6 Å². The normalized spacial score (nSPS) is 10.5. The maximum atomic E-state index is 11.3. The van der Waals surface area contributed by atoms with Crippen LogP contribution in [-0.2, 0) is 16.0 Å². The number of carbonyl (C=O) groups is 2. The van der Waals surface area contributed by atoms with E-state index in [-0.39, 0.29) is 5.78 Å². The maximum absolute atomic E-state index is 11.3. The fourth-order valence-corrected chi connectivity index (χ4v) is 3.19. The Balaban J connectivity index is 1.65. The van der Waals surface area contributed by atoms with Crippen LogP contribution in [0, 0.1) is 0 Å². The van der Waals surface area contributed by atoms with E-state index in [0.717, 1.165) is 48.4 Å². The number of unbranched alkanes of at least 4 members (excludes halogenated alkanes) is 3. The van der Waals surface area contributed by atoms with Gasteiger partial charge < -0.3 is 5.32 Å². The van der Waals surface area contributed by atoms with Gasteiger partial charge in [-0.05, 0) is 19.3 Å². The highest BCUT2D eigenvalue weighted by molar-refractivity contribution is 7.13. The molecule has 0 aliphatic carbocycles. The third-order valence-electron chi connectivity index (χ3n) is 3.64. The van der Waals surface area contributed by atoms with Crippen LogP contribution in [0.5, 0.6) is 0 Å². The Labute approximate surface area is 141 Å². The number of aryl methyl sites for hydroxylation is 1. The van der Waals surface area contributed by atoms with Crippen molar-refractivity contribution < 1.29 is 9.59 Å². The summed E-state index contributed by atoms with van der Waals surface area (Å²) >= 11 is 1.68. The summed E-state index contributed by atoms with van der Waals surface area (Å²) in [4.78, 5) is 27.1. The molecule has 0 saturated heterocycles. The first-order valence-corrected chi connectivity index (χ1v) is 8.83. The van der Waals surface area contributed by atoms with E-state index in [1.165, 1.54) is 7.05 Å². The number of aromatic nitrogens is 1. The number of hydrogen-bond donors (Lipinski definition) is 1. The van der Waals surface area contributed by atoms with Crippen LogP contribution in [0.3, 0.4) is 0 Å². The summed E-state index contributed by atoms with van der Waals surface area (Å²) in [5, 5.41) is 5.55. The summed E-state index contributed by atoms with van der Waals surface area (Å²) < 4.78 is 0. The molecule has 0 unspecified atom stereocenters. The molecule has 0 aliphatic heterocycles. The van der Waals surface area contributed by atoms with Crippen LogP contribution in [0.25, 0.3) is 10.6 Å². The Morgan fingerprint density at radius 1 is 1.09 bits per heavy atom. The number of carbonyl (C=O) groups excluding carboxylic acids is 2. The number of amides is 1. The first-order chi connectivity index (χ1) is 11.2. The van der Waals surface area contributed by atoms with Crippen LogP contribution in [-0.4, -0.2) is 23.7 Å². The number of benzene rings is 1. The van der Waals surface area contributed by atoms with Crippen molar-refractivity contribution in [2.75, 3.05) is 7.05 Å². The van der Waals surface area contributed by atoms with E-state index in [9.17, 15) is 9.59 Å². The highest BCUT2D eigenvalue weighted by Gasteiger charge is 2.10. The van der Waals surface area contributed by atoms with E-state index in [2.05, 4.69) is 27.8 Å². The quantitative estimate of drug-likeness (QED) is 0.564. The van der Waals surface area contributed by atoms with Crippen molar-refractivity contribution in [2.24, 2.45) is 0 Å². The van der Waals surface area contributed by atoms with Gasteiger partial charge in [0.25, 0.3) is 5.91 Å². The highest BCUT2D eigenvalue weighted by Crippen LogP contribution is 2.24. The van der Waals surface area contributed by atoms with Crippen molar-refractivity contribution in [3.05, 3.63) is 41.4 Å². The topological polar surface area (TPSA) is 59.1 Å². The van der Waals surface area contributed by atoms with Gasteiger partial charge in [0.15, 0.2) is 0 Å². The number of ketones is 1. The molecule has 5 heteroatoms. The first-order valence-electron chi connectivity index (χ1n) is 7.95. The molecule has 0 fully saturated rings. The molecular weight excluding hydrogens is 308 g/mol. The van der Waals surface area contributed by atoms with E-state index in [4.69, 9.17) is 0 Å². The third kappa shape index (κ3) is 5.60. The van der Waals surface area contributed by atoms with Gasteiger partial charge in [0.1, 0.15) is 5.01 Å². The van der Waals surface area contributed by atoms with Gasteiger partial charge in [-0.2, -0.15) is 0 Å². The van der Waals surface area contributed by atoms with Crippen LogP contribution in [0.15, 0.2) is 35.7 Å². The standard InChI is InChI=1S/C18H22N2O2S/c1-19-17(22)16(21)12-8-3-2-7-11-15-13-23-18(20-15)14-9-5-4-6-10-14/h4-6,9-10,13H,2-3,7-8,11-12H2,1H3,(H,19,22). The van der Waals surface area contributed by atoms with Crippen molar-refractivity contribution in [1.29, 1.82) is 0 Å². The molecule has 4 nitrogen and oxygen atoms in total. The van der Waals surface area contributed by atoms with E-state index < -0.39 is 5.91 Å². The third-order valence-corrected chi connectivity index (χ3v) is 4.58. The maximum Gasteiger partial charge on any atom is 0.287 e. The van der Waals surface area contributed by atoms with Crippen molar-refractivity contribution in [1.82, 2.24) is 10.3 Å². The average Bonchev–Trinajstić information content (AvgIpc) is 3.06. The lowest BCUT2D eigenvalue weighted by atomic mass is 10.1. The molecule has 1 N–H and O–H groups in total. The van der Waals surface area contributed by atoms with Gasteiger partial charge in [0, 0.05) is 24.4 Å². The number of thiazole rings is 1. The monoisotopic (exact) mass is 330 g/mol. The van der Waals surface area contributed by atoms with Crippen LogP contribution >= 0.6 is 11.3 Å². The van der Waals surface area contributed by atoms with Gasteiger partial charge >= 0.3 is 0 Å². The summed E-state index contributed by atoms with van der Waals surface area (Å²) in [6, 6.07) is 10.2. The molecule has 1 heterocycles. The number of hydrogen-bond acceptors (Lipinski definition) is 4. The lowest BCUT2D eigenvalue weighted by Gasteiger charge is -2.00. The fraction of sp³-hybridized carbons (Fsp3) is 0.389. The second kappa shape index (κ2) is 9.20. The zero-order valence-corrected chi connectivity index (χ0v) is 14.2. The Kier molecular flexibility index (Phi) is 6.94. The molecule has 0 aliphatic rings. The molecule has 0 bridgehead atoms. The Bertz CT molecular complexity index is 637. The zero-order chi connectivity index (χ0) is 16.5. The molecule has 2 aromatic rings. The van der Waals surface area contributed by atoms with Gasteiger partial charge in [-0.3, -0.25) is 9.59 Å². The summed E-state index contributed by atoms with van der Waals surface area (Å²) in [7, 11) is 1.48. The van der Waals surface area contributed by atoms with Crippen LogP contribution < -0.4 is 5.32 Å². The minimum atomic E-state index is -0.485. The Morgan fingerprint density at radius 3 is 2.57 bits per heavy atom. The molecule has 1 amide bonds. The van der Waals surface area contributed by atoms with Gasteiger partial charge in [0.05, 0.1) is 5.69 Å². The van der Waals surface area contributed by atoms with E-state index in [1.54, 1.807) is 11.3 Å². The van der Waals surface area contributed by atoms with Crippen molar-refractivity contribution >= 4 is 23.0 Å². The van der Waals surface area contributed by atoms with Crippen LogP contribution in [0.1, 0.15) is 37.8 Å². The molecular formula is C18H22N2O2S. The highest BCUT2D eigenvalue weighted by atomic mass is 32.1. The van der Waals surface area contributed by atoms with Crippen LogP contribution in [0.2, 0.25) is 0 Å². The number of nitrogens with zero attached hydrogens (tertiary/aromatic N) is 1. The van der Waals surface area contributed by atoms with Gasteiger partial charge in [-0.1, -0.05) is 43.2 Å². The Morgan fingerprint density at radius 2 is 1.83 bits per heavy atom. The van der Waals surface area contributed by atoms with Gasteiger partial charge in [-0.15, -0.1) is 11.3 Å². The minimum absolute atomic E-state index is 0.320. The van der Waals surface area contributed by atoms with E-state index >= 15 is 0 Å². The lowest BCUT2D eigenvalue weighted by molar-refractivity contribution is -0.137. The van der Waals surface area contributed by atoms with Crippen LogP contribution in [0.4, 0.5) is 0 Å². The largest absolute Gasteiger partial charge is 0.353 e. The number of Topliss-reactive ketones (excluding diaryl/α,β-unsaturated/α-hetero) is 1. The molecule has 1 aromatic heterocycles. The smallest absolute Gasteiger partial charge is 0.287 e. The van der Waals surface area contributed by atoms with E-state index in [1.807, 2.05) is 18.2 Å². The molecule has 122 valence electrons. The summed E-state index contributed by atoms with van der Waals surface area (Å²) in [6.07, 6.45) is 5.17. The second-order valence-electron chi connectivity index (χ2n) is 5.43. The predicted octanol–water partition coefficient (Wildman–Crippen LogP) is 3.62. The van der Waals surface area contributed by atoms with Crippen molar-refractivity contribution in [2.45, 2.75) is 38.5 Å². The lowest BCUT2D eigenvalue weighted by Crippen LogP contribution is -2.27. The SMILES string of the molecule is CNC(=O)C(=O)CCCCCCc1csc(-c2ccccc2)n1. The number of likely N-dealkylation sites (N-methyl/N-ethyl adjacent to an activating group) is 1. The summed E-state index contributed by atoms with van der Waals surface area (Å²) in [5.74, 6) is -0.805. The summed E-state index contributed by atoms with van der Waals surface area (Å²) in [5.41, 5.74) is 2.30. The number of nitrogens with one attached hydrogen (secondary N) is 1. The molecule has 1 aromatic carbocycles. The zero-order valence-electron chi connectivity index (χ0n) is 13.4. The fourth-order valence-electron chi connectivity index (χ4n) is 2.33. The summed E-state index contributed by atoms with van der Waals surface area (Å²) in [6.45, 7) is 0. The molecule has 0 saturated carbocycles. The molecule has 23 heavy (non-hydrogen) atoms. The van der Waals surface area contributed by atoms with E-state index in [0.29, 0.717) is 6.42 Å². The average molecular weight is 330 g/mol. The Hall–Kier alpha value is -2.01. The second-order valence-corrected chi connectivity index (χ2v) is 6.28. The molecule has 0 radical (unpaired) electrons. The molecule has 0 atom stereocenters. The van der Waals surface area contributed by atoms with Gasteiger partial charge in [-0.25, -0.2) is 4.98 Å². The number of rotatable bonds is 9. The molecule has 2 rings (SSSR count). The predicted molar refractivity (Wildman–Crippen MR) is 93.4 cm³/mol. The van der Waals surface area contributed by atoms with Gasteiger partial charge in [0.2, 0.25) is 5.78 Å². The molecule has 0 spiro atoms. The first kappa shape index (κ1) is 17.3.